The van der Waals surface area contributed by atoms with Gasteiger partial charge >= 0.3 is 0 Å². The van der Waals surface area contributed by atoms with E-state index in [1.54, 1.807) is 11.8 Å². The van der Waals surface area contributed by atoms with Crippen molar-refractivity contribution in [2.45, 2.75) is 33.1 Å². The number of ether oxygens (including phenoxy) is 2. The fourth-order valence-electron chi connectivity index (χ4n) is 3.01. The first-order chi connectivity index (χ1) is 13.9. The van der Waals surface area contributed by atoms with Gasteiger partial charge in [-0.2, -0.15) is 5.10 Å². The molecule has 0 saturated heterocycles. The zero-order chi connectivity index (χ0) is 20.9. The number of rotatable bonds is 7. The molecule has 0 amide bonds. The van der Waals surface area contributed by atoms with Crippen LogP contribution in [0.15, 0.2) is 66.0 Å². The van der Waals surface area contributed by atoms with Crippen LogP contribution in [0.4, 0.5) is 0 Å². The summed E-state index contributed by atoms with van der Waals surface area (Å²) in [4.78, 5) is 0. The molecule has 0 aliphatic rings. The number of methoxy groups -OCH3 is 1. The number of aryl methyl sites for hydroxylation is 1. The first kappa shape index (κ1) is 21.3. The lowest BCUT2D eigenvalue weighted by Crippen LogP contribution is -2.19. The SMILES string of the molecule is COCOc1c(C)cc(C(C)(C)C)cc1Pc1ccccc1/C=N/n1cccc1. The third-order valence-electron chi connectivity index (χ3n) is 4.61. The van der Waals surface area contributed by atoms with Crippen molar-refractivity contribution in [3.63, 3.8) is 0 Å². The minimum atomic E-state index is 0.0686. The summed E-state index contributed by atoms with van der Waals surface area (Å²) >= 11 is 0. The van der Waals surface area contributed by atoms with Crippen LogP contribution in [0, 0.1) is 6.92 Å². The molecule has 2 aromatic carbocycles. The Hall–Kier alpha value is -2.42. The second-order valence-electron chi connectivity index (χ2n) is 7.99. The summed E-state index contributed by atoms with van der Waals surface area (Å²) in [7, 11) is 2.10. The monoisotopic (exact) mass is 408 g/mol. The van der Waals surface area contributed by atoms with Crippen LogP contribution >= 0.6 is 8.58 Å². The van der Waals surface area contributed by atoms with Crippen LogP contribution in [-0.2, 0) is 10.2 Å². The summed E-state index contributed by atoms with van der Waals surface area (Å²) in [5.41, 5.74) is 3.62. The van der Waals surface area contributed by atoms with E-state index in [2.05, 4.69) is 63.1 Å². The Morgan fingerprint density at radius 2 is 1.76 bits per heavy atom. The second kappa shape index (κ2) is 9.39. The summed E-state index contributed by atoms with van der Waals surface area (Å²) in [5, 5.41) is 6.95. The van der Waals surface area contributed by atoms with Gasteiger partial charge in [-0.25, -0.2) is 4.68 Å². The smallest absolute Gasteiger partial charge is 0.188 e. The molecule has 29 heavy (non-hydrogen) atoms. The highest BCUT2D eigenvalue weighted by Gasteiger charge is 2.19. The maximum Gasteiger partial charge on any atom is 0.188 e. The van der Waals surface area contributed by atoms with Gasteiger partial charge in [0.05, 0.1) is 6.21 Å². The molecule has 3 aromatic rings. The van der Waals surface area contributed by atoms with Crippen molar-refractivity contribution in [3.05, 3.63) is 77.6 Å². The summed E-state index contributed by atoms with van der Waals surface area (Å²) in [6.07, 6.45) is 5.76. The van der Waals surface area contributed by atoms with Crippen molar-refractivity contribution in [1.29, 1.82) is 0 Å². The van der Waals surface area contributed by atoms with Gasteiger partial charge in [-0.05, 0) is 47.0 Å². The molecule has 0 saturated carbocycles. The molecule has 0 radical (unpaired) electrons. The minimum Gasteiger partial charge on any atom is -0.467 e. The van der Waals surface area contributed by atoms with Crippen molar-refractivity contribution in [1.82, 2.24) is 4.68 Å². The third kappa shape index (κ3) is 5.56. The van der Waals surface area contributed by atoms with E-state index in [9.17, 15) is 0 Å². The summed E-state index contributed by atoms with van der Waals surface area (Å²) < 4.78 is 12.9. The molecule has 3 rings (SSSR count). The molecular weight excluding hydrogens is 379 g/mol. The quantitative estimate of drug-likeness (QED) is 0.326. The van der Waals surface area contributed by atoms with Gasteiger partial charge in [0, 0.05) is 30.4 Å². The number of aromatic nitrogens is 1. The van der Waals surface area contributed by atoms with Crippen LogP contribution in [-0.4, -0.2) is 24.8 Å². The molecule has 1 unspecified atom stereocenters. The molecule has 5 heteroatoms. The van der Waals surface area contributed by atoms with E-state index >= 15 is 0 Å². The van der Waals surface area contributed by atoms with Crippen LogP contribution in [0.2, 0.25) is 0 Å². The molecular formula is C24H29N2O2P. The predicted molar refractivity (Wildman–Crippen MR) is 124 cm³/mol. The zero-order valence-electron chi connectivity index (χ0n) is 17.8. The molecule has 0 bridgehead atoms. The minimum absolute atomic E-state index is 0.0686. The van der Waals surface area contributed by atoms with Gasteiger partial charge in [-0.1, -0.05) is 59.7 Å². The number of nitrogens with zero attached hydrogens (tertiary/aromatic N) is 2. The summed E-state index contributed by atoms with van der Waals surface area (Å²) in [6.45, 7) is 9.06. The molecule has 0 spiro atoms. The van der Waals surface area contributed by atoms with Gasteiger partial charge in [-0.15, -0.1) is 0 Å². The van der Waals surface area contributed by atoms with E-state index in [0.717, 1.165) is 16.9 Å². The van der Waals surface area contributed by atoms with Crippen molar-refractivity contribution in [3.8, 4) is 5.75 Å². The maximum atomic E-state index is 5.96. The van der Waals surface area contributed by atoms with Gasteiger partial charge in [0.1, 0.15) is 5.75 Å². The average Bonchev–Trinajstić information content (AvgIpc) is 3.19. The fourth-order valence-corrected chi connectivity index (χ4v) is 4.38. The van der Waals surface area contributed by atoms with E-state index in [1.807, 2.05) is 36.8 Å². The molecule has 4 nitrogen and oxygen atoms in total. The van der Waals surface area contributed by atoms with Gasteiger partial charge < -0.3 is 9.47 Å². The van der Waals surface area contributed by atoms with Crippen LogP contribution in [0.1, 0.15) is 37.5 Å². The number of benzene rings is 2. The molecule has 0 aliphatic heterocycles. The first-order valence-electron chi connectivity index (χ1n) is 9.69. The van der Waals surface area contributed by atoms with Gasteiger partial charge in [0.2, 0.25) is 0 Å². The van der Waals surface area contributed by atoms with Crippen LogP contribution in [0.5, 0.6) is 5.75 Å². The molecule has 0 aliphatic carbocycles. The second-order valence-corrected chi connectivity index (χ2v) is 9.32. The fraction of sp³-hybridized carbons (Fsp3) is 0.292. The van der Waals surface area contributed by atoms with Gasteiger partial charge in [0.25, 0.3) is 0 Å². The first-order valence-corrected chi connectivity index (χ1v) is 10.7. The Labute approximate surface area is 175 Å². The Balaban J connectivity index is 1.99. The molecule has 1 aromatic heterocycles. The van der Waals surface area contributed by atoms with Crippen molar-refractivity contribution >= 4 is 25.4 Å². The van der Waals surface area contributed by atoms with Crippen molar-refractivity contribution < 1.29 is 9.47 Å². The van der Waals surface area contributed by atoms with Gasteiger partial charge in [-0.3, -0.25) is 0 Å². The number of hydrogen-bond donors (Lipinski definition) is 0. The predicted octanol–water partition coefficient (Wildman–Crippen LogP) is 4.59. The molecule has 1 atom stereocenters. The largest absolute Gasteiger partial charge is 0.467 e. The Kier molecular flexibility index (Phi) is 6.89. The standard InChI is InChI=1S/C24H29N2O2P/c1-18-14-20(24(2,3)4)15-22(23(18)28-17-27-5)29-21-11-7-6-10-19(21)16-25-26-12-8-9-13-26/h6-16,29H,17H2,1-5H3/b25-16+. The van der Waals surface area contributed by atoms with E-state index < -0.39 is 0 Å². The Morgan fingerprint density at radius 3 is 2.45 bits per heavy atom. The van der Waals surface area contributed by atoms with E-state index in [0.29, 0.717) is 8.58 Å². The lowest BCUT2D eigenvalue weighted by atomic mass is 9.86. The Morgan fingerprint density at radius 1 is 1.03 bits per heavy atom. The van der Waals surface area contributed by atoms with E-state index in [4.69, 9.17) is 9.47 Å². The topological polar surface area (TPSA) is 35.8 Å². The van der Waals surface area contributed by atoms with E-state index in [-0.39, 0.29) is 12.2 Å². The lowest BCUT2D eigenvalue weighted by molar-refractivity contribution is 0.0514. The van der Waals surface area contributed by atoms with Crippen LogP contribution in [0.25, 0.3) is 0 Å². The highest BCUT2D eigenvalue weighted by Crippen LogP contribution is 2.30. The van der Waals surface area contributed by atoms with E-state index in [1.165, 1.54) is 16.2 Å². The summed E-state index contributed by atoms with van der Waals surface area (Å²) in [5.74, 6) is 0.912. The third-order valence-corrected chi connectivity index (χ3v) is 5.98. The lowest BCUT2D eigenvalue weighted by Gasteiger charge is -2.23. The zero-order valence-corrected chi connectivity index (χ0v) is 18.8. The highest BCUT2D eigenvalue weighted by atomic mass is 31.1. The van der Waals surface area contributed by atoms with Gasteiger partial charge in [0.15, 0.2) is 6.79 Å². The van der Waals surface area contributed by atoms with Crippen molar-refractivity contribution in [2.24, 2.45) is 5.10 Å². The molecule has 152 valence electrons. The summed E-state index contributed by atoms with van der Waals surface area (Å²) in [6, 6.07) is 16.8. The van der Waals surface area contributed by atoms with Crippen LogP contribution in [0.3, 0.4) is 0 Å². The molecule has 1 heterocycles. The average molecular weight is 408 g/mol. The maximum absolute atomic E-state index is 5.96. The van der Waals surface area contributed by atoms with Crippen molar-refractivity contribution in [2.75, 3.05) is 13.9 Å². The molecule has 0 N–H and O–H groups in total. The van der Waals surface area contributed by atoms with Crippen LogP contribution < -0.4 is 15.3 Å². The normalized spacial score (nSPS) is 12.3. The Bertz CT molecular complexity index is 973. The number of hydrogen-bond acceptors (Lipinski definition) is 3. The molecule has 0 fully saturated rings. The highest BCUT2D eigenvalue weighted by molar-refractivity contribution is 7.56.